The predicted octanol–water partition coefficient (Wildman–Crippen LogP) is 8.40. The molecule has 2 aromatic carbocycles. The van der Waals surface area contributed by atoms with Crippen LogP contribution in [0.5, 0.6) is 6.01 Å². The van der Waals surface area contributed by atoms with E-state index in [2.05, 4.69) is 21.9 Å². The van der Waals surface area contributed by atoms with Crippen LogP contribution in [-0.4, -0.2) is 71.0 Å². The Morgan fingerprint density at radius 3 is 2.33 bits per heavy atom. The number of benzene rings is 2. The third-order valence-corrected chi connectivity index (χ3v) is 8.56. The number of amides is 2. The van der Waals surface area contributed by atoms with Gasteiger partial charge >= 0.3 is 24.4 Å². The smallest absolute Gasteiger partial charge is 0.417 e. The van der Waals surface area contributed by atoms with Gasteiger partial charge in [0.25, 0.3) is 0 Å². The lowest BCUT2D eigenvalue weighted by Gasteiger charge is -2.31. The molecule has 17 heteroatoms. The summed E-state index contributed by atoms with van der Waals surface area (Å²) in [6, 6.07) is 3.23. The van der Waals surface area contributed by atoms with Gasteiger partial charge in [-0.2, -0.15) is 28.4 Å². The first-order valence-electron chi connectivity index (χ1n) is 16.1. The lowest BCUT2D eigenvalue weighted by molar-refractivity contribution is -0.137. The van der Waals surface area contributed by atoms with Gasteiger partial charge in [0.1, 0.15) is 34.4 Å². The van der Waals surface area contributed by atoms with Crippen molar-refractivity contribution in [3.05, 3.63) is 52.6 Å². The number of alkyl halides is 3. The molecule has 1 atom stereocenters. The Morgan fingerprint density at radius 2 is 1.77 bits per heavy atom. The first-order valence-corrected chi connectivity index (χ1v) is 16.9. The monoisotopic (exact) mass is 750 g/mol. The van der Waals surface area contributed by atoms with Crippen LogP contribution in [0.2, 0.25) is 0 Å². The third kappa shape index (κ3) is 8.95. The molecule has 1 aliphatic rings. The molecule has 1 aliphatic heterocycles. The Kier molecular flexibility index (Phi) is 11.5. The summed E-state index contributed by atoms with van der Waals surface area (Å²) in [5.41, 5.74) is -5.96. The highest BCUT2D eigenvalue weighted by molar-refractivity contribution is 8.03. The average molecular weight is 751 g/mol. The molecule has 11 nitrogen and oxygen atoms in total. The van der Waals surface area contributed by atoms with Gasteiger partial charge in [-0.1, -0.05) is 18.3 Å². The van der Waals surface area contributed by atoms with Gasteiger partial charge in [-0.15, -0.1) is 0 Å². The molecule has 1 saturated heterocycles. The number of rotatable bonds is 8. The number of nitrogens with one attached hydrogen (secondary N) is 1. The van der Waals surface area contributed by atoms with Crippen molar-refractivity contribution in [3.63, 3.8) is 0 Å². The van der Waals surface area contributed by atoms with Gasteiger partial charge in [-0.25, -0.2) is 18.4 Å². The molecule has 1 unspecified atom stereocenters. The van der Waals surface area contributed by atoms with Gasteiger partial charge in [0, 0.05) is 42.2 Å². The van der Waals surface area contributed by atoms with Crippen molar-refractivity contribution >= 4 is 40.7 Å². The summed E-state index contributed by atoms with van der Waals surface area (Å²) in [6.07, 6.45) is -6.28. The number of likely N-dealkylation sites (tertiary alicyclic amines) is 1. The Bertz CT molecular complexity index is 1940. The van der Waals surface area contributed by atoms with E-state index in [0.717, 1.165) is 12.1 Å². The zero-order valence-electron chi connectivity index (χ0n) is 29.9. The molecule has 1 N–H and O–H groups in total. The number of anilines is 1. The number of hydrogen-bond donors (Lipinski definition) is 1. The molecule has 280 valence electrons. The number of carbonyl (C=O) groups excluding carboxylic acids is 2. The van der Waals surface area contributed by atoms with Gasteiger partial charge in [-0.05, 0) is 73.1 Å². The lowest BCUT2D eigenvalue weighted by atomic mass is 9.92. The average Bonchev–Trinajstić information content (AvgIpc) is 3.50. The van der Waals surface area contributed by atoms with E-state index in [1.54, 1.807) is 59.4 Å². The van der Waals surface area contributed by atoms with Crippen LogP contribution in [0, 0.1) is 23.0 Å². The predicted molar refractivity (Wildman–Crippen MR) is 185 cm³/mol. The second-order valence-corrected chi connectivity index (χ2v) is 14.9. The second kappa shape index (κ2) is 15.0. The van der Waals surface area contributed by atoms with E-state index in [0.29, 0.717) is 30.8 Å². The van der Waals surface area contributed by atoms with Crippen molar-refractivity contribution < 1.29 is 45.8 Å². The summed E-state index contributed by atoms with van der Waals surface area (Å²) >= 11 is 0.445. The summed E-state index contributed by atoms with van der Waals surface area (Å²) in [7, 11) is 1.21. The van der Waals surface area contributed by atoms with Crippen molar-refractivity contribution in [2.75, 3.05) is 31.6 Å². The van der Waals surface area contributed by atoms with Crippen LogP contribution in [0.1, 0.15) is 66.0 Å². The van der Waals surface area contributed by atoms with E-state index in [1.807, 2.05) is 0 Å². The van der Waals surface area contributed by atoms with Crippen molar-refractivity contribution in [3.8, 4) is 23.2 Å². The standard InChI is InChI=1S/C35H39F5N6O5S/c1-10-46(19-13-14-45(17-19)32(48)51-34(6,7)8)29-21-15-23(35(38,39)40)25(26(37)27(21)43-30(44-29)49-9)20-11-12-24(36)28(22(20)16-41)52-18(2)42-31(47)50-33(3,4)5/h11-12,15,19H,2,10,13-14,17H2,1,3-9H3,(H,42,47). The van der Waals surface area contributed by atoms with Crippen molar-refractivity contribution in [2.45, 2.75) is 83.2 Å². The molecule has 0 bridgehead atoms. The number of fused-ring (bicyclic) bond motifs is 1. The van der Waals surface area contributed by atoms with Gasteiger partial charge in [0.15, 0.2) is 5.82 Å². The number of nitrogens with zero attached hydrogens (tertiary/aromatic N) is 5. The number of methoxy groups -OCH3 is 1. The van der Waals surface area contributed by atoms with Gasteiger partial charge < -0.3 is 24.0 Å². The molecule has 2 amide bonds. The van der Waals surface area contributed by atoms with E-state index < -0.39 is 79.9 Å². The van der Waals surface area contributed by atoms with Crippen molar-refractivity contribution in [1.29, 1.82) is 5.26 Å². The molecule has 0 radical (unpaired) electrons. The zero-order chi connectivity index (χ0) is 38.9. The highest BCUT2D eigenvalue weighted by Crippen LogP contribution is 2.46. The van der Waals surface area contributed by atoms with Gasteiger partial charge in [0.2, 0.25) is 0 Å². The molecule has 1 aromatic heterocycles. The van der Waals surface area contributed by atoms with Crippen LogP contribution in [0.25, 0.3) is 22.0 Å². The summed E-state index contributed by atoms with van der Waals surface area (Å²) in [4.78, 5) is 36.0. The van der Waals surface area contributed by atoms with Crippen LogP contribution < -0.4 is 15.0 Å². The van der Waals surface area contributed by atoms with E-state index >= 15 is 8.78 Å². The Labute approximate surface area is 302 Å². The largest absolute Gasteiger partial charge is 0.467 e. The number of ether oxygens (including phenoxy) is 3. The van der Waals surface area contributed by atoms with E-state index in [-0.39, 0.29) is 35.3 Å². The van der Waals surface area contributed by atoms with Crippen LogP contribution in [0.4, 0.5) is 37.4 Å². The van der Waals surface area contributed by atoms with E-state index in [1.165, 1.54) is 12.0 Å². The maximum absolute atomic E-state index is 16.8. The second-order valence-electron chi connectivity index (χ2n) is 13.8. The van der Waals surface area contributed by atoms with Crippen LogP contribution in [-0.2, 0) is 15.7 Å². The number of alkyl carbamates (subject to hydrolysis) is 1. The number of carbonyl (C=O) groups is 2. The molecular weight excluding hydrogens is 711 g/mol. The van der Waals surface area contributed by atoms with Crippen LogP contribution in [0.3, 0.4) is 0 Å². The quantitative estimate of drug-likeness (QED) is 0.177. The summed E-state index contributed by atoms with van der Waals surface area (Å²) < 4.78 is 92.7. The number of hydrogen-bond acceptors (Lipinski definition) is 10. The number of halogens is 5. The van der Waals surface area contributed by atoms with Gasteiger partial charge in [-0.3, -0.25) is 5.32 Å². The van der Waals surface area contributed by atoms with Crippen LogP contribution >= 0.6 is 11.8 Å². The fourth-order valence-corrected chi connectivity index (χ4v) is 6.40. The molecule has 4 rings (SSSR count). The molecule has 0 saturated carbocycles. The fourth-order valence-electron chi connectivity index (χ4n) is 5.60. The van der Waals surface area contributed by atoms with Gasteiger partial charge in [0.05, 0.1) is 28.2 Å². The molecule has 1 fully saturated rings. The Hall–Kier alpha value is -4.85. The number of thioether (sulfide) groups is 1. The first-order chi connectivity index (χ1) is 24.1. The maximum atomic E-state index is 16.8. The minimum atomic E-state index is -5.18. The SMILES string of the molecule is C=C(NC(=O)OC(C)(C)C)Sc1c(F)ccc(-c2c(C(F)(F)F)cc3c(N(CC)C4CCN(C(=O)OC(C)(C)C)C4)nc(OC)nc3c2F)c1C#N. The van der Waals surface area contributed by atoms with Crippen LogP contribution in [0.15, 0.2) is 34.7 Å². The Morgan fingerprint density at radius 1 is 1.12 bits per heavy atom. The highest BCUT2D eigenvalue weighted by Gasteiger charge is 2.40. The topological polar surface area (TPSA) is 130 Å². The number of nitriles is 1. The lowest BCUT2D eigenvalue weighted by Crippen LogP contribution is -2.41. The van der Waals surface area contributed by atoms with Crippen molar-refractivity contribution in [2.24, 2.45) is 0 Å². The molecular formula is C35H39F5N6O5S. The maximum Gasteiger partial charge on any atom is 0.417 e. The van der Waals surface area contributed by atoms with Crippen molar-refractivity contribution in [1.82, 2.24) is 20.2 Å². The first kappa shape index (κ1) is 39.9. The fraction of sp³-hybridized carbons (Fsp3) is 0.457. The number of likely N-dealkylation sites (N-methyl/N-ethyl adjacent to an activating group) is 1. The minimum Gasteiger partial charge on any atom is -0.467 e. The molecule has 0 spiro atoms. The molecule has 52 heavy (non-hydrogen) atoms. The summed E-state index contributed by atoms with van der Waals surface area (Å²) in [5, 5.41) is 11.9. The molecule has 0 aliphatic carbocycles. The summed E-state index contributed by atoms with van der Waals surface area (Å²) in [5.74, 6) is -2.57. The molecule has 3 aromatic rings. The number of aromatic nitrogens is 2. The normalized spacial score (nSPS) is 14.9. The highest BCUT2D eigenvalue weighted by atomic mass is 32.2. The minimum absolute atomic E-state index is 0.0725. The summed E-state index contributed by atoms with van der Waals surface area (Å²) in [6.45, 7) is 16.0. The van der Waals surface area contributed by atoms with E-state index in [9.17, 15) is 28.0 Å². The van der Waals surface area contributed by atoms with E-state index in [4.69, 9.17) is 14.2 Å². The molecule has 2 heterocycles. The Balaban J connectivity index is 1.88. The zero-order valence-corrected chi connectivity index (χ0v) is 30.7. The third-order valence-electron chi connectivity index (χ3n) is 7.60.